The van der Waals surface area contributed by atoms with Crippen LogP contribution in [0.25, 0.3) is 0 Å². The molecule has 0 saturated carbocycles. The maximum absolute atomic E-state index is 11.0. The molecule has 0 aromatic rings. The first-order valence-corrected chi connectivity index (χ1v) is 8.54. The van der Waals surface area contributed by atoms with Crippen LogP contribution in [0.5, 0.6) is 0 Å². The van der Waals surface area contributed by atoms with Gasteiger partial charge in [-0.2, -0.15) is 0 Å². The van der Waals surface area contributed by atoms with Crippen molar-refractivity contribution in [2.45, 2.75) is 88.1 Å². The fraction of sp³-hybridized carbons (Fsp3) is 0.938. The van der Waals surface area contributed by atoms with Crippen molar-refractivity contribution >= 4 is 5.78 Å². The summed E-state index contributed by atoms with van der Waals surface area (Å²) in [5, 5.41) is 48.8. The fourth-order valence-corrected chi connectivity index (χ4v) is 2.90. The van der Waals surface area contributed by atoms with E-state index in [9.17, 15) is 25.2 Å². The fourth-order valence-electron chi connectivity index (χ4n) is 2.90. The molecule has 0 amide bonds. The minimum Gasteiger partial charge on any atom is -0.394 e. The van der Waals surface area contributed by atoms with Crippen LogP contribution < -0.4 is 5.73 Å². The van der Waals surface area contributed by atoms with Gasteiger partial charge >= 0.3 is 0 Å². The number of aliphatic hydroxyl groups is 5. The average molecular weight is 349 g/mol. The minimum absolute atomic E-state index is 0.0140. The van der Waals surface area contributed by atoms with Crippen LogP contribution in [-0.4, -0.2) is 74.2 Å². The van der Waals surface area contributed by atoms with Gasteiger partial charge in [0.05, 0.1) is 12.6 Å². The second-order valence-corrected chi connectivity index (χ2v) is 6.63. The van der Waals surface area contributed by atoms with Crippen LogP contribution in [0, 0.1) is 0 Å². The van der Waals surface area contributed by atoms with Crippen molar-refractivity contribution in [3.63, 3.8) is 0 Å². The molecule has 24 heavy (non-hydrogen) atoms. The van der Waals surface area contributed by atoms with Gasteiger partial charge in [0.25, 0.3) is 0 Å². The molecule has 1 aliphatic heterocycles. The lowest BCUT2D eigenvalue weighted by Gasteiger charge is -2.45. The number of aliphatic hydroxyl groups excluding tert-OH is 4. The number of ketones is 1. The van der Waals surface area contributed by atoms with Gasteiger partial charge in [0, 0.05) is 6.42 Å². The second kappa shape index (κ2) is 9.76. The molecule has 142 valence electrons. The number of nitrogens with two attached hydrogens (primary N) is 1. The topological polar surface area (TPSA) is 153 Å². The molecule has 1 fully saturated rings. The summed E-state index contributed by atoms with van der Waals surface area (Å²) < 4.78 is 5.20. The van der Waals surface area contributed by atoms with E-state index < -0.39 is 42.9 Å². The highest BCUT2D eigenvalue weighted by Crippen LogP contribution is 2.32. The van der Waals surface area contributed by atoms with E-state index in [1.54, 1.807) is 0 Å². The normalized spacial score (nSPS) is 35.0. The molecule has 0 aromatic carbocycles. The van der Waals surface area contributed by atoms with Crippen molar-refractivity contribution < 1.29 is 35.1 Å². The van der Waals surface area contributed by atoms with Gasteiger partial charge in [-0.25, -0.2) is 0 Å². The Balaban J connectivity index is 2.29. The number of hydrogen-bond donors (Lipinski definition) is 6. The Hall–Kier alpha value is -0.610. The predicted molar refractivity (Wildman–Crippen MR) is 85.9 cm³/mol. The molecule has 1 rings (SSSR count). The van der Waals surface area contributed by atoms with E-state index in [0.29, 0.717) is 12.8 Å². The molecule has 7 N–H and O–H groups in total. The third-order valence-electron chi connectivity index (χ3n) is 4.62. The summed E-state index contributed by atoms with van der Waals surface area (Å²) in [5.41, 5.74) is 5.65. The molecule has 8 heteroatoms. The second-order valence-electron chi connectivity index (χ2n) is 6.63. The van der Waals surface area contributed by atoms with Gasteiger partial charge in [-0.05, 0) is 19.8 Å². The van der Waals surface area contributed by atoms with Crippen LogP contribution in [0.2, 0.25) is 0 Å². The number of Topliss-reactive ketones (excluding diaryl/α,β-unsaturated/α-hetero) is 1. The summed E-state index contributed by atoms with van der Waals surface area (Å²) in [7, 11) is 0. The lowest BCUT2D eigenvalue weighted by Crippen LogP contribution is -2.65. The van der Waals surface area contributed by atoms with Crippen LogP contribution >= 0.6 is 0 Å². The highest BCUT2D eigenvalue weighted by Gasteiger charge is 2.51. The van der Waals surface area contributed by atoms with Crippen molar-refractivity contribution in [2.24, 2.45) is 5.73 Å². The van der Waals surface area contributed by atoms with E-state index in [0.717, 1.165) is 25.7 Å². The molecule has 0 aliphatic carbocycles. The van der Waals surface area contributed by atoms with Gasteiger partial charge in [-0.1, -0.05) is 25.7 Å². The van der Waals surface area contributed by atoms with Crippen molar-refractivity contribution in [3.05, 3.63) is 0 Å². The molecule has 0 radical (unpaired) electrons. The Morgan fingerprint density at radius 1 is 1.12 bits per heavy atom. The number of hydrogen-bond acceptors (Lipinski definition) is 8. The van der Waals surface area contributed by atoms with E-state index >= 15 is 0 Å². The van der Waals surface area contributed by atoms with E-state index in [1.165, 1.54) is 6.92 Å². The molecule has 1 heterocycles. The van der Waals surface area contributed by atoms with Gasteiger partial charge in [0.1, 0.15) is 30.2 Å². The highest BCUT2D eigenvalue weighted by atomic mass is 16.7. The summed E-state index contributed by atoms with van der Waals surface area (Å²) in [6.07, 6.45) is -1.10. The molecule has 8 nitrogen and oxygen atoms in total. The van der Waals surface area contributed by atoms with Gasteiger partial charge in [-0.15, -0.1) is 0 Å². The zero-order valence-electron chi connectivity index (χ0n) is 14.2. The van der Waals surface area contributed by atoms with Crippen molar-refractivity contribution in [1.82, 2.24) is 0 Å². The van der Waals surface area contributed by atoms with Crippen LogP contribution in [-0.2, 0) is 9.53 Å². The highest BCUT2D eigenvalue weighted by molar-refractivity contribution is 5.80. The quantitative estimate of drug-likeness (QED) is 0.269. The SMILES string of the molecule is CC(=O)[C@@H](N)CCCCCCC[C@]1(O)O[C@H](CO)[C@H](O)[C@H](O)[C@H]1O. The lowest BCUT2D eigenvalue weighted by molar-refractivity contribution is -0.351. The van der Waals surface area contributed by atoms with E-state index in [1.807, 2.05) is 0 Å². The Kier molecular flexibility index (Phi) is 8.72. The molecule has 1 saturated heterocycles. The number of carbonyl (C=O) groups excluding carboxylic acids is 1. The molecule has 1 aliphatic rings. The molecule has 0 bridgehead atoms. The summed E-state index contributed by atoms with van der Waals surface area (Å²) in [4.78, 5) is 11.0. The monoisotopic (exact) mass is 349 g/mol. The van der Waals surface area contributed by atoms with Crippen LogP contribution in [0.3, 0.4) is 0 Å². The summed E-state index contributed by atoms with van der Waals surface area (Å²) >= 11 is 0. The third kappa shape index (κ3) is 5.73. The predicted octanol–water partition coefficient (Wildman–Crippen LogP) is -1.20. The Morgan fingerprint density at radius 2 is 1.71 bits per heavy atom. The van der Waals surface area contributed by atoms with Crippen LogP contribution in [0.1, 0.15) is 51.9 Å². The van der Waals surface area contributed by atoms with Gasteiger partial charge in [0.15, 0.2) is 5.79 Å². The molecular weight excluding hydrogens is 318 g/mol. The van der Waals surface area contributed by atoms with Crippen LogP contribution in [0.4, 0.5) is 0 Å². The zero-order chi connectivity index (χ0) is 18.3. The van der Waals surface area contributed by atoms with E-state index in [-0.39, 0.29) is 12.2 Å². The van der Waals surface area contributed by atoms with Gasteiger partial charge < -0.3 is 36.0 Å². The average Bonchev–Trinajstić information content (AvgIpc) is 2.55. The largest absolute Gasteiger partial charge is 0.394 e. The first-order valence-electron chi connectivity index (χ1n) is 8.54. The Labute approximate surface area is 142 Å². The zero-order valence-corrected chi connectivity index (χ0v) is 14.2. The summed E-state index contributed by atoms with van der Waals surface area (Å²) in [6.45, 7) is 0.912. The molecule has 0 spiro atoms. The smallest absolute Gasteiger partial charge is 0.195 e. The Morgan fingerprint density at radius 3 is 2.29 bits per heavy atom. The third-order valence-corrected chi connectivity index (χ3v) is 4.62. The van der Waals surface area contributed by atoms with E-state index in [4.69, 9.17) is 15.6 Å². The molecule has 6 atom stereocenters. The number of carbonyl (C=O) groups is 1. The standard InChI is InChI=1S/C16H31NO7/c1-10(19)11(17)7-5-3-2-4-6-8-16(23)15(22)14(21)13(20)12(9-18)24-16/h11-15,18,20-23H,2-9,17H2,1H3/t11-,12+,13-,14-,15+,16-/m0/s1. The van der Waals surface area contributed by atoms with E-state index in [2.05, 4.69) is 0 Å². The summed E-state index contributed by atoms with van der Waals surface area (Å²) in [5.74, 6) is -2.00. The number of rotatable bonds is 10. The first kappa shape index (κ1) is 21.4. The van der Waals surface area contributed by atoms with Gasteiger partial charge in [-0.3, -0.25) is 4.79 Å². The molecular formula is C16H31NO7. The van der Waals surface area contributed by atoms with Crippen LogP contribution in [0.15, 0.2) is 0 Å². The van der Waals surface area contributed by atoms with Gasteiger partial charge in [0.2, 0.25) is 0 Å². The van der Waals surface area contributed by atoms with Crippen molar-refractivity contribution in [1.29, 1.82) is 0 Å². The van der Waals surface area contributed by atoms with Crippen molar-refractivity contribution in [2.75, 3.05) is 6.61 Å². The summed E-state index contributed by atoms with van der Waals surface area (Å²) in [6, 6.07) is -0.403. The minimum atomic E-state index is -1.98. The number of unbranched alkanes of at least 4 members (excludes halogenated alkanes) is 4. The Bertz CT molecular complexity index is 393. The van der Waals surface area contributed by atoms with Crippen molar-refractivity contribution in [3.8, 4) is 0 Å². The first-order chi connectivity index (χ1) is 11.2. The molecule has 0 aromatic heterocycles. The maximum atomic E-state index is 11.0. The maximum Gasteiger partial charge on any atom is 0.195 e. The molecule has 0 unspecified atom stereocenters. The lowest BCUT2D eigenvalue weighted by atomic mass is 9.89. The number of ether oxygens (including phenoxy) is 1.